The predicted molar refractivity (Wildman–Crippen MR) is 55.3 cm³/mol. The summed E-state index contributed by atoms with van der Waals surface area (Å²) in [7, 11) is 0. The van der Waals surface area contributed by atoms with Crippen LogP contribution in [0.25, 0.3) is 0 Å². The van der Waals surface area contributed by atoms with Crippen LogP contribution in [0.4, 0.5) is 0 Å². The van der Waals surface area contributed by atoms with Gasteiger partial charge in [-0.2, -0.15) is 0 Å². The average molecular weight is 206 g/mol. The minimum absolute atomic E-state index is 0.313. The summed E-state index contributed by atoms with van der Waals surface area (Å²) in [6.07, 6.45) is 5.07. The highest BCUT2D eigenvalue weighted by atomic mass is 16.5. The zero-order chi connectivity index (χ0) is 10.9. The van der Waals surface area contributed by atoms with Crippen molar-refractivity contribution in [3.8, 4) is 0 Å². The Morgan fingerprint density at radius 1 is 1.67 bits per heavy atom. The highest BCUT2D eigenvalue weighted by molar-refractivity contribution is 5.91. The van der Waals surface area contributed by atoms with Crippen LogP contribution < -0.4 is 5.73 Å². The minimum atomic E-state index is -0.351. The average Bonchev–Trinajstić information content (AvgIpc) is 2.98. The van der Waals surface area contributed by atoms with Crippen LogP contribution in [0.3, 0.4) is 0 Å². The molecule has 0 radical (unpaired) electrons. The number of ether oxygens (including phenoxy) is 1. The summed E-state index contributed by atoms with van der Waals surface area (Å²) in [6, 6.07) is 1.67. The first kappa shape index (κ1) is 10.1. The number of pyridine rings is 1. The Hall–Kier alpha value is -1.42. The number of esters is 1. The molecule has 0 unspecified atom stereocenters. The number of aromatic nitrogens is 1. The molecule has 0 aliphatic heterocycles. The topological polar surface area (TPSA) is 65.2 Å². The molecule has 1 heterocycles. The molecule has 0 atom stereocenters. The summed E-state index contributed by atoms with van der Waals surface area (Å²) < 4.78 is 4.97. The molecule has 15 heavy (non-hydrogen) atoms. The van der Waals surface area contributed by atoms with Gasteiger partial charge in [0.05, 0.1) is 12.2 Å². The van der Waals surface area contributed by atoms with Crippen molar-refractivity contribution in [2.45, 2.75) is 25.3 Å². The summed E-state index contributed by atoms with van der Waals surface area (Å²) in [5.74, 6) is -0.313. The highest BCUT2D eigenvalue weighted by Crippen LogP contribution is 2.43. The van der Waals surface area contributed by atoms with Gasteiger partial charge in [0.25, 0.3) is 0 Å². The van der Waals surface area contributed by atoms with Crippen LogP contribution in [0.15, 0.2) is 18.5 Å². The number of hydrogen-bond donors (Lipinski definition) is 1. The number of carbonyl (C=O) groups is 1. The third-order valence-corrected chi connectivity index (χ3v) is 2.64. The lowest BCUT2D eigenvalue weighted by Crippen LogP contribution is -2.23. The Morgan fingerprint density at radius 2 is 2.40 bits per heavy atom. The molecule has 0 bridgehead atoms. The van der Waals surface area contributed by atoms with Gasteiger partial charge in [-0.05, 0) is 25.8 Å². The van der Waals surface area contributed by atoms with Crippen molar-refractivity contribution in [1.29, 1.82) is 0 Å². The summed E-state index contributed by atoms with van der Waals surface area (Å²) in [6.45, 7) is 2.16. The van der Waals surface area contributed by atoms with Crippen molar-refractivity contribution in [3.63, 3.8) is 0 Å². The van der Waals surface area contributed by atoms with Crippen molar-refractivity contribution >= 4 is 5.97 Å². The van der Waals surface area contributed by atoms with Crippen LogP contribution in [0.2, 0.25) is 0 Å². The van der Waals surface area contributed by atoms with E-state index in [0.717, 1.165) is 18.4 Å². The molecule has 1 fully saturated rings. The fraction of sp³-hybridized carbons (Fsp3) is 0.455. The SMILES string of the molecule is CCOC(=O)c1ccncc1C1(N)CC1. The van der Waals surface area contributed by atoms with E-state index >= 15 is 0 Å². The number of nitrogens with two attached hydrogens (primary N) is 1. The van der Waals surface area contributed by atoms with E-state index in [1.807, 2.05) is 0 Å². The van der Waals surface area contributed by atoms with Gasteiger partial charge in [-0.25, -0.2) is 4.79 Å². The van der Waals surface area contributed by atoms with Crippen LogP contribution >= 0.6 is 0 Å². The molecule has 1 aromatic rings. The number of carbonyl (C=O) groups excluding carboxylic acids is 1. The molecule has 80 valence electrons. The quantitative estimate of drug-likeness (QED) is 0.755. The molecule has 0 aromatic carbocycles. The van der Waals surface area contributed by atoms with Gasteiger partial charge in [-0.15, -0.1) is 0 Å². The highest BCUT2D eigenvalue weighted by Gasteiger charge is 2.42. The number of nitrogens with zero attached hydrogens (tertiary/aromatic N) is 1. The summed E-state index contributed by atoms with van der Waals surface area (Å²) in [5.41, 5.74) is 7.06. The maximum atomic E-state index is 11.6. The Morgan fingerprint density at radius 3 is 3.00 bits per heavy atom. The smallest absolute Gasteiger partial charge is 0.338 e. The first-order chi connectivity index (χ1) is 7.17. The lowest BCUT2D eigenvalue weighted by Gasteiger charge is -2.13. The fourth-order valence-corrected chi connectivity index (χ4v) is 1.58. The van der Waals surface area contributed by atoms with Crippen LogP contribution in [0, 0.1) is 0 Å². The van der Waals surface area contributed by atoms with Gasteiger partial charge in [0.15, 0.2) is 0 Å². The van der Waals surface area contributed by atoms with Gasteiger partial charge in [0.1, 0.15) is 0 Å². The maximum Gasteiger partial charge on any atom is 0.338 e. The summed E-state index contributed by atoms with van der Waals surface area (Å²) >= 11 is 0. The van der Waals surface area contributed by atoms with Gasteiger partial charge >= 0.3 is 5.97 Å². The lowest BCUT2D eigenvalue weighted by molar-refractivity contribution is 0.0524. The predicted octanol–water partition coefficient (Wildman–Crippen LogP) is 1.21. The van der Waals surface area contributed by atoms with Crippen molar-refractivity contribution < 1.29 is 9.53 Å². The zero-order valence-corrected chi connectivity index (χ0v) is 8.69. The molecule has 0 saturated heterocycles. The van der Waals surface area contributed by atoms with E-state index in [-0.39, 0.29) is 11.5 Å². The first-order valence-electron chi connectivity index (χ1n) is 5.08. The Kier molecular flexibility index (Phi) is 2.44. The molecule has 1 aliphatic carbocycles. The van der Waals surface area contributed by atoms with Crippen molar-refractivity contribution in [3.05, 3.63) is 29.6 Å². The second-order valence-electron chi connectivity index (χ2n) is 3.80. The van der Waals surface area contributed by atoms with Gasteiger partial charge in [-0.1, -0.05) is 0 Å². The molecule has 1 saturated carbocycles. The minimum Gasteiger partial charge on any atom is -0.462 e. The zero-order valence-electron chi connectivity index (χ0n) is 8.69. The van der Waals surface area contributed by atoms with Crippen LogP contribution in [0.1, 0.15) is 35.7 Å². The maximum absolute atomic E-state index is 11.6. The lowest BCUT2D eigenvalue weighted by atomic mass is 10.0. The summed E-state index contributed by atoms with van der Waals surface area (Å²) in [5, 5.41) is 0. The van der Waals surface area contributed by atoms with Crippen molar-refractivity contribution in [2.75, 3.05) is 6.61 Å². The Balaban J connectivity index is 2.34. The molecule has 0 spiro atoms. The third kappa shape index (κ3) is 1.85. The van der Waals surface area contributed by atoms with E-state index in [1.165, 1.54) is 0 Å². The fourth-order valence-electron chi connectivity index (χ4n) is 1.58. The molecule has 1 aromatic heterocycles. The second kappa shape index (κ2) is 3.62. The Bertz CT molecular complexity index is 386. The first-order valence-corrected chi connectivity index (χ1v) is 5.08. The molecular weight excluding hydrogens is 192 g/mol. The van der Waals surface area contributed by atoms with E-state index in [4.69, 9.17) is 10.5 Å². The normalized spacial score (nSPS) is 17.2. The van der Waals surface area contributed by atoms with Crippen LogP contribution in [0.5, 0.6) is 0 Å². The molecule has 4 nitrogen and oxygen atoms in total. The molecule has 1 aliphatic rings. The van der Waals surface area contributed by atoms with Gasteiger partial charge in [0, 0.05) is 23.5 Å². The van der Waals surface area contributed by atoms with Crippen molar-refractivity contribution in [1.82, 2.24) is 4.98 Å². The molecule has 0 amide bonds. The van der Waals surface area contributed by atoms with Gasteiger partial charge < -0.3 is 10.5 Å². The standard InChI is InChI=1S/C11H14N2O2/c1-2-15-10(14)8-3-6-13-7-9(8)11(12)4-5-11/h3,6-7H,2,4-5,12H2,1H3. The van der Waals surface area contributed by atoms with E-state index < -0.39 is 0 Å². The number of rotatable bonds is 3. The number of hydrogen-bond acceptors (Lipinski definition) is 4. The monoisotopic (exact) mass is 206 g/mol. The summed E-state index contributed by atoms with van der Waals surface area (Å²) in [4.78, 5) is 15.6. The molecule has 2 N–H and O–H groups in total. The Labute approximate surface area is 88.4 Å². The van der Waals surface area contributed by atoms with Crippen LogP contribution in [-0.2, 0) is 10.3 Å². The molecule has 2 rings (SSSR count). The second-order valence-corrected chi connectivity index (χ2v) is 3.80. The van der Waals surface area contributed by atoms with E-state index in [0.29, 0.717) is 12.2 Å². The van der Waals surface area contributed by atoms with Crippen molar-refractivity contribution in [2.24, 2.45) is 5.73 Å². The van der Waals surface area contributed by atoms with Crippen LogP contribution in [-0.4, -0.2) is 17.6 Å². The van der Waals surface area contributed by atoms with E-state index in [2.05, 4.69) is 4.98 Å². The van der Waals surface area contributed by atoms with E-state index in [9.17, 15) is 4.79 Å². The van der Waals surface area contributed by atoms with Gasteiger partial charge in [-0.3, -0.25) is 4.98 Å². The molecular formula is C11H14N2O2. The van der Waals surface area contributed by atoms with Gasteiger partial charge in [0.2, 0.25) is 0 Å². The van der Waals surface area contributed by atoms with E-state index in [1.54, 1.807) is 25.4 Å². The largest absolute Gasteiger partial charge is 0.462 e. The third-order valence-electron chi connectivity index (χ3n) is 2.64. The molecule has 4 heteroatoms.